The minimum atomic E-state index is 0.381. The fourth-order valence-corrected chi connectivity index (χ4v) is 2.50. The fraction of sp³-hybridized carbons (Fsp3) is 0.211. The fourth-order valence-electron chi connectivity index (χ4n) is 2.50. The van der Waals surface area contributed by atoms with Crippen LogP contribution in [0.3, 0.4) is 0 Å². The quantitative estimate of drug-likeness (QED) is 0.432. The third-order valence-electron chi connectivity index (χ3n) is 4.11. The minimum Gasteiger partial charge on any atom is -0.495 e. The summed E-state index contributed by atoms with van der Waals surface area (Å²) in [4.78, 5) is 0.381. The van der Waals surface area contributed by atoms with Gasteiger partial charge in [-0.1, -0.05) is 29.8 Å². The molecule has 0 fully saturated rings. The summed E-state index contributed by atoms with van der Waals surface area (Å²) in [7, 11) is 1.59. The highest BCUT2D eigenvalue weighted by atomic mass is 16.8. The largest absolute Gasteiger partial charge is 0.495 e. The van der Waals surface area contributed by atoms with E-state index in [1.807, 2.05) is 50.2 Å². The molecular weight excluding hydrogens is 332 g/mol. The van der Waals surface area contributed by atoms with E-state index in [1.165, 1.54) is 5.56 Å². The number of anilines is 1. The van der Waals surface area contributed by atoms with Crippen molar-refractivity contribution in [3.8, 4) is 17.0 Å². The van der Waals surface area contributed by atoms with Crippen molar-refractivity contribution in [1.82, 2.24) is 5.16 Å². The topological polar surface area (TPSA) is 86.6 Å². The Morgan fingerprint density at radius 2 is 1.92 bits per heavy atom. The van der Waals surface area contributed by atoms with E-state index in [2.05, 4.69) is 20.3 Å². The molecule has 0 atom stereocenters. The lowest BCUT2D eigenvalue weighted by molar-refractivity contribution is -0.806. The van der Waals surface area contributed by atoms with Gasteiger partial charge in [0.05, 0.1) is 18.5 Å². The predicted octanol–water partition coefficient (Wildman–Crippen LogP) is 3.44. The number of aryl methyl sites for hydroxylation is 1. The number of rotatable bonds is 5. The Kier molecular flexibility index (Phi) is 4.88. The summed E-state index contributed by atoms with van der Waals surface area (Å²) in [6.45, 7) is 5.62. The van der Waals surface area contributed by atoms with Crippen LogP contribution < -0.4 is 15.1 Å². The first-order valence-corrected chi connectivity index (χ1v) is 8.11. The zero-order valence-corrected chi connectivity index (χ0v) is 15.1. The van der Waals surface area contributed by atoms with Crippen LogP contribution >= 0.6 is 0 Å². The predicted molar refractivity (Wildman–Crippen MR) is 99.2 cm³/mol. The number of ether oxygens (including phenoxy) is 1. The molecule has 1 heterocycles. The maximum absolute atomic E-state index is 11.4. The Bertz CT molecular complexity index is 946. The van der Waals surface area contributed by atoms with Gasteiger partial charge >= 0.3 is 0 Å². The SMILES string of the molecule is COc1ccc(-c2no[n+]([O-])c2C)cc1N/N=C(\C)c1ccc(C)cc1. The summed E-state index contributed by atoms with van der Waals surface area (Å²) >= 11 is 0. The van der Waals surface area contributed by atoms with Crippen molar-refractivity contribution in [1.29, 1.82) is 0 Å². The van der Waals surface area contributed by atoms with Gasteiger partial charge in [-0.15, -0.1) is 0 Å². The summed E-state index contributed by atoms with van der Waals surface area (Å²) in [5.74, 6) is 0.630. The second kappa shape index (κ2) is 7.26. The van der Waals surface area contributed by atoms with E-state index in [0.29, 0.717) is 27.7 Å². The van der Waals surface area contributed by atoms with Crippen LogP contribution in [0.2, 0.25) is 0 Å². The van der Waals surface area contributed by atoms with Crippen molar-refractivity contribution in [2.45, 2.75) is 20.8 Å². The smallest absolute Gasteiger partial charge is 0.251 e. The third kappa shape index (κ3) is 3.51. The molecule has 7 heteroatoms. The van der Waals surface area contributed by atoms with Gasteiger partial charge < -0.3 is 9.94 Å². The van der Waals surface area contributed by atoms with Crippen LogP contribution in [-0.2, 0) is 0 Å². The minimum absolute atomic E-state index is 0.381. The van der Waals surface area contributed by atoms with Crippen LogP contribution in [0.1, 0.15) is 23.7 Å². The number of methoxy groups -OCH3 is 1. The van der Waals surface area contributed by atoms with Gasteiger partial charge in [-0.2, -0.15) is 5.10 Å². The van der Waals surface area contributed by atoms with Crippen LogP contribution in [0.15, 0.2) is 52.2 Å². The van der Waals surface area contributed by atoms with E-state index in [0.717, 1.165) is 16.8 Å². The molecular formula is C19H20N4O3. The second-order valence-electron chi connectivity index (χ2n) is 5.95. The Labute approximate surface area is 151 Å². The van der Waals surface area contributed by atoms with Gasteiger partial charge in [-0.3, -0.25) is 10.1 Å². The Morgan fingerprint density at radius 1 is 1.19 bits per heavy atom. The van der Waals surface area contributed by atoms with Gasteiger partial charge in [0.15, 0.2) is 0 Å². The first-order valence-electron chi connectivity index (χ1n) is 8.11. The second-order valence-corrected chi connectivity index (χ2v) is 5.95. The molecule has 2 aromatic carbocycles. The first-order chi connectivity index (χ1) is 12.5. The van der Waals surface area contributed by atoms with Crippen molar-refractivity contribution >= 4 is 11.4 Å². The lowest BCUT2D eigenvalue weighted by atomic mass is 10.1. The molecule has 134 valence electrons. The van der Waals surface area contributed by atoms with E-state index < -0.39 is 0 Å². The number of hydrogen-bond donors (Lipinski definition) is 1. The molecule has 3 rings (SSSR count). The van der Waals surface area contributed by atoms with Gasteiger partial charge in [-0.25, -0.2) is 0 Å². The zero-order chi connectivity index (χ0) is 18.7. The average Bonchev–Trinajstić information content (AvgIpc) is 2.99. The van der Waals surface area contributed by atoms with Crippen LogP contribution in [0.5, 0.6) is 5.75 Å². The molecule has 1 N–H and O–H groups in total. The highest BCUT2D eigenvalue weighted by Crippen LogP contribution is 2.30. The molecule has 7 nitrogen and oxygen atoms in total. The third-order valence-corrected chi connectivity index (χ3v) is 4.11. The van der Waals surface area contributed by atoms with Gasteiger partial charge in [0, 0.05) is 17.6 Å². The average molecular weight is 352 g/mol. The Hall–Kier alpha value is -3.35. The molecule has 0 unspecified atom stereocenters. The number of nitrogens with zero attached hydrogens (tertiary/aromatic N) is 3. The zero-order valence-electron chi connectivity index (χ0n) is 15.1. The van der Waals surface area contributed by atoms with Gasteiger partial charge in [0.2, 0.25) is 5.69 Å². The van der Waals surface area contributed by atoms with Crippen molar-refractivity contribution < 1.29 is 14.3 Å². The number of benzene rings is 2. The van der Waals surface area contributed by atoms with Crippen molar-refractivity contribution in [2.75, 3.05) is 12.5 Å². The van der Waals surface area contributed by atoms with Crippen molar-refractivity contribution in [2.24, 2.45) is 5.10 Å². The van der Waals surface area contributed by atoms with Crippen LogP contribution in [0.25, 0.3) is 11.3 Å². The highest BCUT2D eigenvalue weighted by molar-refractivity contribution is 5.99. The molecule has 0 amide bonds. The van der Waals surface area contributed by atoms with Gasteiger partial charge in [0.25, 0.3) is 5.69 Å². The Morgan fingerprint density at radius 3 is 2.54 bits per heavy atom. The Balaban J connectivity index is 1.91. The number of aromatic nitrogens is 2. The summed E-state index contributed by atoms with van der Waals surface area (Å²) in [5.41, 5.74) is 8.35. The first kappa shape index (κ1) is 17.5. The molecule has 0 radical (unpaired) electrons. The summed E-state index contributed by atoms with van der Waals surface area (Å²) in [5, 5.41) is 19.7. The maximum Gasteiger partial charge on any atom is 0.251 e. The number of hydrogen-bond acceptors (Lipinski definition) is 6. The van der Waals surface area contributed by atoms with E-state index in [1.54, 1.807) is 20.1 Å². The molecule has 26 heavy (non-hydrogen) atoms. The highest BCUT2D eigenvalue weighted by Gasteiger charge is 2.18. The molecule has 0 aliphatic heterocycles. The van der Waals surface area contributed by atoms with Gasteiger partial charge in [-0.05, 0) is 42.5 Å². The lowest BCUT2D eigenvalue weighted by Gasteiger charge is -2.10. The maximum atomic E-state index is 11.4. The molecule has 3 aromatic rings. The van der Waals surface area contributed by atoms with Crippen LogP contribution in [-0.4, -0.2) is 18.0 Å². The molecule has 0 aliphatic carbocycles. The molecule has 0 saturated heterocycles. The van der Waals surface area contributed by atoms with Gasteiger partial charge in [0.1, 0.15) is 5.75 Å². The van der Waals surface area contributed by atoms with Crippen molar-refractivity contribution in [3.63, 3.8) is 0 Å². The van der Waals surface area contributed by atoms with E-state index >= 15 is 0 Å². The number of nitrogens with one attached hydrogen (secondary N) is 1. The summed E-state index contributed by atoms with van der Waals surface area (Å²) in [6.07, 6.45) is 0. The normalized spacial score (nSPS) is 11.5. The molecule has 0 spiro atoms. The summed E-state index contributed by atoms with van der Waals surface area (Å²) in [6, 6.07) is 13.5. The molecule has 0 saturated carbocycles. The van der Waals surface area contributed by atoms with Crippen molar-refractivity contribution in [3.05, 3.63) is 64.5 Å². The lowest BCUT2D eigenvalue weighted by Crippen LogP contribution is -2.25. The van der Waals surface area contributed by atoms with Crippen LogP contribution in [0.4, 0.5) is 5.69 Å². The standard InChI is InChI=1S/C19H20N4O3/c1-12-5-7-15(8-6-12)13(2)20-21-17-11-16(9-10-18(17)25-4)19-14(3)23(24)26-22-19/h5-11,21H,1-4H3/b20-13+. The van der Waals surface area contributed by atoms with E-state index in [-0.39, 0.29) is 0 Å². The van der Waals surface area contributed by atoms with E-state index in [4.69, 9.17) is 4.74 Å². The molecule has 1 aromatic heterocycles. The monoisotopic (exact) mass is 352 g/mol. The number of hydrazone groups is 1. The molecule has 0 aliphatic rings. The molecule has 0 bridgehead atoms. The van der Waals surface area contributed by atoms with Crippen LogP contribution in [0, 0.1) is 19.1 Å². The summed E-state index contributed by atoms with van der Waals surface area (Å²) < 4.78 is 10.0. The van der Waals surface area contributed by atoms with E-state index in [9.17, 15) is 5.21 Å².